The zero-order valence-electron chi connectivity index (χ0n) is 11.1. The Balaban J connectivity index is 2.22. The van der Waals surface area contributed by atoms with E-state index in [-0.39, 0.29) is 12.5 Å². The monoisotopic (exact) mass is 261 g/mol. The Kier molecular flexibility index (Phi) is 3.46. The van der Waals surface area contributed by atoms with Gasteiger partial charge in [0.15, 0.2) is 0 Å². The highest BCUT2D eigenvalue weighted by atomic mass is 16.2. The quantitative estimate of drug-likeness (QED) is 0.762. The number of benzene rings is 1. The molecule has 2 amide bonds. The highest BCUT2D eigenvalue weighted by molar-refractivity contribution is 5.93. The summed E-state index contributed by atoms with van der Waals surface area (Å²) in [4.78, 5) is 25.1. The minimum Gasteiger partial charge on any atom is -0.399 e. The first-order valence-corrected chi connectivity index (χ1v) is 6.43. The molecule has 0 radical (unpaired) electrons. The van der Waals surface area contributed by atoms with E-state index in [0.717, 1.165) is 18.4 Å². The van der Waals surface area contributed by atoms with Crippen molar-refractivity contribution in [1.82, 2.24) is 4.90 Å². The summed E-state index contributed by atoms with van der Waals surface area (Å²) in [7, 11) is 0. The highest BCUT2D eigenvalue weighted by Crippen LogP contribution is 2.49. The van der Waals surface area contributed by atoms with Crippen LogP contribution in [-0.4, -0.2) is 29.8 Å². The molecule has 1 aromatic rings. The molecule has 1 saturated carbocycles. The molecule has 0 atom stereocenters. The van der Waals surface area contributed by atoms with Gasteiger partial charge in [0.2, 0.25) is 11.8 Å². The third-order valence-electron chi connectivity index (χ3n) is 3.64. The maximum Gasteiger partial charge on any atom is 0.237 e. The van der Waals surface area contributed by atoms with Crippen LogP contribution in [0.5, 0.6) is 0 Å². The Labute approximate surface area is 112 Å². The molecular formula is C14H19N3O2. The number of nitrogens with zero attached hydrogens (tertiary/aromatic N) is 1. The van der Waals surface area contributed by atoms with Crippen molar-refractivity contribution in [3.05, 3.63) is 29.8 Å². The van der Waals surface area contributed by atoms with E-state index in [9.17, 15) is 9.59 Å². The summed E-state index contributed by atoms with van der Waals surface area (Å²) in [6.07, 6.45) is 1.62. The molecule has 1 aromatic carbocycles. The number of nitrogens with two attached hydrogens (primary N) is 2. The molecule has 0 aromatic heterocycles. The molecule has 1 aliphatic carbocycles. The van der Waals surface area contributed by atoms with Gasteiger partial charge in [0.25, 0.3) is 0 Å². The third kappa shape index (κ3) is 2.54. The van der Waals surface area contributed by atoms with Crippen LogP contribution in [-0.2, 0) is 15.0 Å². The summed E-state index contributed by atoms with van der Waals surface area (Å²) in [6.45, 7) is 2.31. The predicted octanol–water partition coefficient (Wildman–Crippen LogP) is 0.634. The van der Waals surface area contributed by atoms with Gasteiger partial charge in [-0.3, -0.25) is 9.59 Å². The van der Waals surface area contributed by atoms with Gasteiger partial charge in [-0.1, -0.05) is 12.1 Å². The number of carbonyl (C=O) groups excluding carboxylic acids is 2. The zero-order chi connectivity index (χ0) is 14.0. The maximum absolute atomic E-state index is 12.6. The number of hydrogen-bond acceptors (Lipinski definition) is 3. The molecular weight excluding hydrogens is 242 g/mol. The number of primary amides is 1. The van der Waals surface area contributed by atoms with Crippen LogP contribution >= 0.6 is 0 Å². The second-order valence-electron chi connectivity index (χ2n) is 4.99. The lowest BCUT2D eigenvalue weighted by molar-refractivity contribution is -0.137. The van der Waals surface area contributed by atoms with Crippen molar-refractivity contribution in [3.63, 3.8) is 0 Å². The molecule has 2 rings (SSSR count). The number of rotatable bonds is 5. The first-order chi connectivity index (χ1) is 8.99. The fraction of sp³-hybridized carbons (Fsp3) is 0.429. The minimum absolute atomic E-state index is 0.0152. The Bertz CT molecular complexity index is 492. The normalized spacial score (nSPS) is 15.8. The lowest BCUT2D eigenvalue weighted by Gasteiger charge is -2.25. The standard InChI is InChI=1S/C14H19N3O2/c1-2-17(9-12(16)18)13(19)14(7-8-14)10-3-5-11(15)6-4-10/h3-6H,2,7-9,15H2,1H3,(H2,16,18). The second-order valence-corrected chi connectivity index (χ2v) is 4.99. The largest absolute Gasteiger partial charge is 0.399 e. The molecule has 102 valence electrons. The van der Waals surface area contributed by atoms with Gasteiger partial charge in [-0.2, -0.15) is 0 Å². The van der Waals surface area contributed by atoms with Crippen molar-refractivity contribution in [3.8, 4) is 0 Å². The van der Waals surface area contributed by atoms with E-state index in [1.165, 1.54) is 4.90 Å². The van der Waals surface area contributed by atoms with Gasteiger partial charge in [0, 0.05) is 12.2 Å². The molecule has 5 nitrogen and oxygen atoms in total. The summed E-state index contributed by atoms with van der Waals surface area (Å²) >= 11 is 0. The number of hydrogen-bond donors (Lipinski definition) is 2. The fourth-order valence-electron chi connectivity index (χ4n) is 2.37. The van der Waals surface area contributed by atoms with Gasteiger partial charge in [-0.25, -0.2) is 0 Å². The average molecular weight is 261 g/mol. The average Bonchev–Trinajstić information content (AvgIpc) is 3.17. The third-order valence-corrected chi connectivity index (χ3v) is 3.64. The number of likely N-dealkylation sites (N-methyl/N-ethyl adjacent to an activating group) is 1. The van der Waals surface area contributed by atoms with E-state index >= 15 is 0 Å². The Morgan fingerprint density at radius 3 is 2.26 bits per heavy atom. The Morgan fingerprint density at radius 2 is 1.84 bits per heavy atom. The van der Waals surface area contributed by atoms with Crippen molar-refractivity contribution < 1.29 is 9.59 Å². The summed E-state index contributed by atoms with van der Waals surface area (Å²) in [5, 5.41) is 0. The smallest absolute Gasteiger partial charge is 0.237 e. The lowest BCUT2D eigenvalue weighted by atomic mass is 9.94. The molecule has 0 spiro atoms. The lowest BCUT2D eigenvalue weighted by Crippen LogP contribution is -2.43. The van der Waals surface area contributed by atoms with Gasteiger partial charge < -0.3 is 16.4 Å². The van der Waals surface area contributed by atoms with E-state index in [1.54, 1.807) is 12.1 Å². The molecule has 0 heterocycles. The molecule has 0 saturated heterocycles. The second kappa shape index (κ2) is 4.91. The number of anilines is 1. The van der Waals surface area contributed by atoms with Crippen LogP contribution in [0, 0.1) is 0 Å². The molecule has 4 N–H and O–H groups in total. The molecule has 1 fully saturated rings. The summed E-state index contributed by atoms with van der Waals surface area (Å²) in [6, 6.07) is 7.37. The molecule has 0 unspecified atom stereocenters. The zero-order valence-corrected chi connectivity index (χ0v) is 11.1. The topological polar surface area (TPSA) is 89.4 Å². The van der Waals surface area contributed by atoms with Crippen molar-refractivity contribution in [2.75, 3.05) is 18.8 Å². The molecule has 0 bridgehead atoms. The van der Waals surface area contributed by atoms with E-state index in [1.807, 2.05) is 19.1 Å². The van der Waals surface area contributed by atoms with Crippen molar-refractivity contribution in [1.29, 1.82) is 0 Å². The van der Waals surface area contributed by atoms with Gasteiger partial charge in [-0.05, 0) is 37.5 Å². The van der Waals surface area contributed by atoms with Crippen LogP contribution in [0.2, 0.25) is 0 Å². The van der Waals surface area contributed by atoms with Crippen LogP contribution in [0.25, 0.3) is 0 Å². The minimum atomic E-state index is -0.483. The van der Waals surface area contributed by atoms with Gasteiger partial charge in [0.05, 0.1) is 12.0 Å². The van der Waals surface area contributed by atoms with Gasteiger partial charge >= 0.3 is 0 Å². The first kappa shape index (κ1) is 13.4. The van der Waals surface area contributed by atoms with E-state index in [0.29, 0.717) is 12.2 Å². The Hall–Kier alpha value is -2.04. The summed E-state index contributed by atoms with van der Waals surface area (Å²) in [5.74, 6) is -0.498. The van der Waals surface area contributed by atoms with Gasteiger partial charge in [-0.15, -0.1) is 0 Å². The van der Waals surface area contributed by atoms with Crippen LogP contribution in [0.1, 0.15) is 25.3 Å². The fourth-order valence-corrected chi connectivity index (χ4v) is 2.37. The van der Waals surface area contributed by atoms with Crippen LogP contribution < -0.4 is 11.5 Å². The van der Waals surface area contributed by atoms with Crippen molar-refractivity contribution in [2.45, 2.75) is 25.2 Å². The highest BCUT2D eigenvalue weighted by Gasteiger charge is 2.52. The SMILES string of the molecule is CCN(CC(N)=O)C(=O)C1(c2ccc(N)cc2)CC1. The van der Waals surface area contributed by atoms with E-state index in [2.05, 4.69) is 0 Å². The number of carbonyl (C=O) groups is 2. The van der Waals surface area contributed by atoms with Crippen molar-refractivity contribution >= 4 is 17.5 Å². The summed E-state index contributed by atoms with van der Waals surface area (Å²) < 4.78 is 0. The van der Waals surface area contributed by atoms with E-state index in [4.69, 9.17) is 11.5 Å². The summed E-state index contributed by atoms with van der Waals surface area (Å²) in [5.41, 5.74) is 12.0. The predicted molar refractivity (Wildman–Crippen MR) is 73.2 cm³/mol. The van der Waals surface area contributed by atoms with Crippen molar-refractivity contribution in [2.24, 2.45) is 5.73 Å². The Morgan fingerprint density at radius 1 is 1.26 bits per heavy atom. The number of nitrogen functional groups attached to an aromatic ring is 1. The van der Waals surface area contributed by atoms with E-state index < -0.39 is 11.3 Å². The maximum atomic E-state index is 12.6. The molecule has 19 heavy (non-hydrogen) atoms. The number of amides is 2. The van der Waals surface area contributed by atoms with Crippen LogP contribution in [0.4, 0.5) is 5.69 Å². The molecule has 1 aliphatic rings. The van der Waals surface area contributed by atoms with Crippen LogP contribution in [0.15, 0.2) is 24.3 Å². The molecule has 5 heteroatoms. The van der Waals surface area contributed by atoms with Crippen LogP contribution in [0.3, 0.4) is 0 Å². The van der Waals surface area contributed by atoms with Gasteiger partial charge in [0.1, 0.15) is 0 Å². The molecule has 0 aliphatic heterocycles. The first-order valence-electron chi connectivity index (χ1n) is 6.43.